The Labute approximate surface area is 126 Å². The minimum atomic E-state index is -1.81. The molecule has 0 aliphatic rings. The lowest BCUT2D eigenvalue weighted by atomic mass is 10.1. The van der Waals surface area contributed by atoms with Crippen LogP contribution in [0.15, 0.2) is 24.3 Å². The van der Waals surface area contributed by atoms with Gasteiger partial charge in [0.1, 0.15) is 6.61 Å². The smallest absolute Gasteiger partial charge is 0.259 e. The van der Waals surface area contributed by atoms with Crippen LogP contribution in [0.25, 0.3) is 0 Å². The van der Waals surface area contributed by atoms with Crippen LogP contribution in [0.1, 0.15) is 32.4 Å². The van der Waals surface area contributed by atoms with Crippen molar-refractivity contribution in [3.05, 3.63) is 45.0 Å². The summed E-state index contributed by atoms with van der Waals surface area (Å²) in [5.41, 5.74) is 0.605. The third-order valence-electron chi connectivity index (χ3n) is 3.97. The van der Waals surface area contributed by atoms with Crippen LogP contribution in [0, 0.1) is 10.1 Å². The van der Waals surface area contributed by atoms with Gasteiger partial charge in [-0.15, -0.1) is 0 Å². The Kier molecular flexibility index (Phi) is 6.65. The Balaban J connectivity index is 2.86. The normalized spacial score (nSPS) is 13.2. The average molecular weight is 316 g/mol. The van der Waals surface area contributed by atoms with Gasteiger partial charge in [-0.05, 0) is 30.3 Å². The molecular weight excluding hydrogens is 294 g/mol. The van der Waals surface area contributed by atoms with Gasteiger partial charge in [0.15, 0.2) is 8.32 Å². The van der Waals surface area contributed by atoms with Crippen molar-refractivity contribution in [3.8, 4) is 0 Å². The van der Waals surface area contributed by atoms with Crippen LogP contribution < -0.4 is 0 Å². The number of halogens is 1. The van der Waals surface area contributed by atoms with Gasteiger partial charge in [-0.1, -0.05) is 44.5 Å². The van der Waals surface area contributed by atoms with E-state index >= 15 is 0 Å². The average Bonchev–Trinajstić information content (AvgIpc) is 2.44. The van der Waals surface area contributed by atoms with Crippen molar-refractivity contribution in [1.82, 2.24) is 0 Å². The van der Waals surface area contributed by atoms with Crippen LogP contribution >= 0.6 is 11.6 Å². The Bertz CT molecular complexity index is 444. The molecule has 1 unspecified atom stereocenters. The molecule has 1 rings (SSSR count). The van der Waals surface area contributed by atoms with Gasteiger partial charge in [-0.25, -0.2) is 0 Å². The molecule has 0 aliphatic carbocycles. The zero-order chi connectivity index (χ0) is 15.2. The maximum atomic E-state index is 11.3. The predicted molar refractivity (Wildman–Crippen MR) is 84.3 cm³/mol. The van der Waals surface area contributed by atoms with Crippen molar-refractivity contribution in [2.24, 2.45) is 0 Å². The molecular formula is C14H22ClNO3Si. The number of hydrogen-bond donors (Lipinski definition) is 0. The molecule has 0 aromatic heterocycles. The second kappa shape index (κ2) is 7.76. The van der Waals surface area contributed by atoms with Gasteiger partial charge in [0.25, 0.3) is 6.04 Å². The summed E-state index contributed by atoms with van der Waals surface area (Å²) < 4.78 is 6.05. The number of nitro groups is 1. The molecule has 6 heteroatoms. The summed E-state index contributed by atoms with van der Waals surface area (Å²) in [7, 11) is -1.81. The highest BCUT2D eigenvalue weighted by molar-refractivity contribution is 6.73. The van der Waals surface area contributed by atoms with Crippen molar-refractivity contribution in [1.29, 1.82) is 0 Å². The van der Waals surface area contributed by atoms with Crippen molar-refractivity contribution in [2.75, 3.05) is 6.61 Å². The first-order valence-electron chi connectivity index (χ1n) is 7.01. The molecule has 1 atom stereocenters. The lowest BCUT2D eigenvalue weighted by Gasteiger charge is -2.28. The van der Waals surface area contributed by atoms with E-state index in [0.29, 0.717) is 10.6 Å². The Morgan fingerprint density at radius 1 is 1.30 bits per heavy atom. The fraction of sp³-hybridized carbons (Fsp3) is 0.571. The van der Waals surface area contributed by atoms with Crippen LogP contribution in [0.5, 0.6) is 0 Å². The minimum Gasteiger partial charge on any atom is -0.409 e. The van der Waals surface area contributed by atoms with Crippen molar-refractivity contribution in [3.63, 3.8) is 0 Å². The van der Waals surface area contributed by atoms with Gasteiger partial charge in [0, 0.05) is 15.5 Å². The van der Waals surface area contributed by atoms with Crippen molar-refractivity contribution < 1.29 is 9.35 Å². The molecule has 1 aromatic rings. The summed E-state index contributed by atoms with van der Waals surface area (Å²) in [6, 6.07) is 8.94. The summed E-state index contributed by atoms with van der Waals surface area (Å²) in [4.78, 5) is 11.0. The highest BCUT2D eigenvalue weighted by Crippen LogP contribution is 2.26. The molecule has 0 N–H and O–H groups in total. The van der Waals surface area contributed by atoms with E-state index in [1.165, 1.54) is 0 Å². The molecule has 0 bridgehead atoms. The van der Waals surface area contributed by atoms with Crippen LogP contribution in [-0.4, -0.2) is 19.8 Å². The number of rotatable bonds is 8. The maximum absolute atomic E-state index is 11.3. The molecule has 0 saturated heterocycles. The summed E-state index contributed by atoms with van der Waals surface area (Å²) in [5.74, 6) is 0. The van der Waals surface area contributed by atoms with Gasteiger partial charge in [-0.2, -0.15) is 0 Å². The number of benzene rings is 1. The van der Waals surface area contributed by atoms with E-state index < -0.39 is 14.4 Å². The van der Waals surface area contributed by atoms with Crippen LogP contribution in [0.4, 0.5) is 0 Å². The Morgan fingerprint density at radius 3 is 2.35 bits per heavy atom. The third-order valence-corrected chi connectivity index (χ3v) is 8.85. The molecule has 0 aliphatic heterocycles. The van der Waals surface area contributed by atoms with Gasteiger partial charge in [0.05, 0.1) is 0 Å². The Morgan fingerprint density at radius 2 is 1.90 bits per heavy atom. The van der Waals surface area contributed by atoms with E-state index in [2.05, 4.69) is 20.8 Å². The molecule has 0 saturated carbocycles. The monoisotopic (exact) mass is 315 g/mol. The van der Waals surface area contributed by atoms with Gasteiger partial charge >= 0.3 is 0 Å². The lowest BCUT2D eigenvalue weighted by molar-refractivity contribution is -0.531. The van der Waals surface area contributed by atoms with Gasteiger partial charge in [0.2, 0.25) is 0 Å². The van der Waals surface area contributed by atoms with E-state index in [4.69, 9.17) is 16.0 Å². The number of hydrogen-bond acceptors (Lipinski definition) is 3. The Hall–Kier alpha value is -0.913. The molecule has 0 fully saturated rings. The summed E-state index contributed by atoms with van der Waals surface area (Å²) in [6.07, 6.45) is 0. The maximum Gasteiger partial charge on any atom is 0.259 e. The van der Waals surface area contributed by atoms with E-state index in [9.17, 15) is 10.1 Å². The second-order valence-corrected chi connectivity index (χ2v) is 10.1. The first-order chi connectivity index (χ1) is 9.48. The standard InChI is InChI=1S/C14H22ClNO3Si/c1-4-20(5-2,6-3)19-11-14(16(17)18)12-8-7-9-13(15)10-12/h7-10,14H,4-6,11H2,1-3H3. The first-order valence-corrected chi connectivity index (χ1v) is 9.91. The fourth-order valence-corrected chi connectivity index (χ4v) is 5.13. The highest BCUT2D eigenvalue weighted by atomic mass is 35.5. The quantitative estimate of drug-likeness (QED) is 0.397. The zero-order valence-electron chi connectivity index (χ0n) is 12.3. The summed E-state index contributed by atoms with van der Waals surface area (Å²) >= 11 is 5.91. The molecule has 20 heavy (non-hydrogen) atoms. The predicted octanol–water partition coefficient (Wildman–Crippen LogP) is 4.68. The largest absolute Gasteiger partial charge is 0.409 e. The van der Waals surface area contributed by atoms with Crippen LogP contribution in [0.2, 0.25) is 23.2 Å². The molecule has 4 nitrogen and oxygen atoms in total. The van der Waals surface area contributed by atoms with Crippen molar-refractivity contribution in [2.45, 2.75) is 44.9 Å². The molecule has 0 radical (unpaired) electrons. The number of nitrogens with zero attached hydrogens (tertiary/aromatic N) is 1. The SMILES string of the molecule is CC[Si](CC)(CC)OCC(c1cccc(Cl)c1)[N+](=O)[O-]. The topological polar surface area (TPSA) is 52.4 Å². The highest BCUT2D eigenvalue weighted by Gasteiger charge is 2.33. The van der Waals surface area contributed by atoms with Gasteiger partial charge in [-0.3, -0.25) is 10.1 Å². The lowest BCUT2D eigenvalue weighted by Crippen LogP contribution is -2.38. The second-order valence-electron chi connectivity index (χ2n) is 4.91. The third kappa shape index (κ3) is 4.29. The van der Waals surface area contributed by atoms with E-state index in [1.807, 2.05) is 0 Å². The molecule has 1 aromatic carbocycles. The summed E-state index contributed by atoms with van der Waals surface area (Å²) in [5, 5.41) is 11.8. The molecule has 0 spiro atoms. The summed E-state index contributed by atoms with van der Waals surface area (Å²) in [6.45, 7) is 6.47. The first kappa shape index (κ1) is 17.1. The molecule has 0 heterocycles. The van der Waals surface area contributed by atoms with Crippen molar-refractivity contribution >= 4 is 19.9 Å². The van der Waals surface area contributed by atoms with Crippen LogP contribution in [0.3, 0.4) is 0 Å². The van der Waals surface area contributed by atoms with Crippen LogP contribution in [-0.2, 0) is 4.43 Å². The van der Waals surface area contributed by atoms with Gasteiger partial charge < -0.3 is 4.43 Å². The minimum absolute atomic E-state index is 0.134. The van der Waals surface area contributed by atoms with E-state index in [1.54, 1.807) is 24.3 Å². The van der Waals surface area contributed by atoms with E-state index in [-0.39, 0.29) is 11.5 Å². The molecule has 0 amide bonds. The molecule has 112 valence electrons. The fourth-order valence-electron chi connectivity index (χ4n) is 2.30. The van der Waals surface area contributed by atoms with E-state index in [0.717, 1.165) is 18.1 Å². The zero-order valence-corrected chi connectivity index (χ0v) is 14.0.